The minimum Gasteiger partial charge on any atom is -0.462 e. The lowest BCUT2D eigenvalue weighted by Crippen LogP contribution is -2.33. The first kappa shape index (κ1) is 21.8. The topological polar surface area (TPSA) is 140 Å². The first-order chi connectivity index (χ1) is 14.4. The molecular formula is C20H23N3O6S. The Bertz CT molecular complexity index is 894. The fourth-order valence-electron chi connectivity index (χ4n) is 3.99. The third-order valence-corrected chi connectivity index (χ3v) is 6.50. The van der Waals surface area contributed by atoms with Crippen LogP contribution in [-0.4, -0.2) is 41.8 Å². The number of fused-ring (bicyclic) bond motifs is 1. The maximum Gasteiger partial charge on any atom is 0.348 e. The molecule has 1 aromatic heterocycles. The number of imide groups is 1. The molecule has 3 rings (SSSR count). The quantitative estimate of drug-likeness (QED) is 0.508. The number of nitriles is 1. The second-order valence-electron chi connectivity index (χ2n) is 7.22. The number of ether oxygens (including phenoxy) is 2. The molecule has 0 unspecified atom stereocenters. The van der Waals surface area contributed by atoms with Crippen molar-refractivity contribution in [2.24, 2.45) is 11.8 Å². The summed E-state index contributed by atoms with van der Waals surface area (Å²) in [7, 11) is 0. The fraction of sp³-hybridized carbons (Fsp3) is 0.550. The molecule has 0 spiro atoms. The Morgan fingerprint density at radius 2 is 1.83 bits per heavy atom. The lowest BCUT2D eigenvalue weighted by Gasteiger charge is -2.19. The van der Waals surface area contributed by atoms with Gasteiger partial charge in [0.2, 0.25) is 11.8 Å². The van der Waals surface area contributed by atoms with Crippen molar-refractivity contribution < 1.29 is 28.7 Å². The van der Waals surface area contributed by atoms with Gasteiger partial charge in [0.05, 0.1) is 30.4 Å². The highest BCUT2D eigenvalue weighted by molar-refractivity contribution is 7.18. The zero-order chi connectivity index (χ0) is 21.8. The van der Waals surface area contributed by atoms with Crippen LogP contribution in [0, 0.1) is 23.2 Å². The molecule has 0 aromatic carbocycles. The first-order valence-corrected chi connectivity index (χ1v) is 10.7. The van der Waals surface area contributed by atoms with Crippen LogP contribution in [0.4, 0.5) is 5.00 Å². The highest BCUT2D eigenvalue weighted by atomic mass is 32.1. The molecule has 2 N–H and O–H groups in total. The molecule has 2 heterocycles. The Kier molecular flexibility index (Phi) is 6.72. The lowest BCUT2D eigenvalue weighted by molar-refractivity contribution is -0.146. The van der Waals surface area contributed by atoms with Crippen molar-refractivity contribution in [1.29, 1.82) is 5.26 Å². The Labute approximate surface area is 177 Å². The Morgan fingerprint density at radius 3 is 2.40 bits per heavy atom. The Hall–Kier alpha value is -2.93. The summed E-state index contributed by atoms with van der Waals surface area (Å²) in [5.74, 6) is -2.23. The van der Waals surface area contributed by atoms with E-state index in [1.807, 2.05) is 6.07 Å². The highest BCUT2D eigenvalue weighted by Gasteiger charge is 2.47. The molecule has 1 aliphatic carbocycles. The van der Waals surface area contributed by atoms with Crippen molar-refractivity contribution >= 4 is 40.1 Å². The zero-order valence-corrected chi connectivity index (χ0v) is 17.5. The van der Waals surface area contributed by atoms with Gasteiger partial charge in [-0.1, -0.05) is 12.8 Å². The lowest BCUT2D eigenvalue weighted by atomic mass is 9.81. The van der Waals surface area contributed by atoms with Gasteiger partial charge in [0.25, 0.3) is 0 Å². The van der Waals surface area contributed by atoms with E-state index in [0.29, 0.717) is 12.8 Å². The molecule has 0 bridgehead atoms. The monoisotopic (exact) mass is 433 g/mol. The van der Waals surface area contributed by atoms with Crippen LogP contribution in [0.25, 0.3) is 0 Å². The molecule has 1 saturated carbocycles. The number of rotatable bonds is 7. The number of hydrogen-bond donors (Lipinski definition) is 1. The molecule has 10 heteroatoms. The van der Waals surface area contributed by atoms with Crippen LogP contribution in [0.1, 0.15) is 59.8 Å². The predicted octanol–water partition coefficient (Wildman–Crippen LogP) is 1.99. The van der Waals surface area contributed by atoms with E-state index in [-0.39, 0.29) is 70.8 Å². The largest absolute Gasteiger partial charge is 0.462 e. The van der Waals surface area contributed by atoms with E-state index in [9.17, 15) is 24.4 Å². The SMILES string of the molecule is CCOC(=O)c1sc(N)c(C#N)c1COC(=O)CCN1C(=O)[C@H]2CCCC[C@@H]2C1=O. The number of thiophene rings is 1. The molecular weight excluding hydrogens is 410 g/mol. The van der Waals surface area contributed by atoms with Gasteiger partial charge in [-0.25, -0.2) is 4.79 Å². The third-order valence-electron chi connectivity index (χ3n) is 5.46. The van der Waals surface area contributed by atoms with E-state index >= 15 is 0 Å². The molecule has 2 aliphatic rings. The van der Waals surface area contributed by atoms with Crippen molar-refractivity contribution in [3.8, 4) is 6.07 Å². The molecule has 2 fully saturated rings. The number of likely N-dealkylation sites (tertiary alicyclic amines) is 1. The standard InChI is InChI=1S/C20H23N3O6S/c1-2-28-20(27)16-14(13(9-21)17(22)30-16)10-29-15(24)7-8-23-18(25)11-5-3-4-6-12(11)19(23)26/h11-12H,2-8,10,22H2,1H3/t11-,12-/m0/s1. The van der Waals surface area contributed by atoms with Crippen LogP contribution in [-0.2, 0) is 30.5 Å². The fourth-order valence-corrected chi connectivity index (χ4v) is 4.90. The number of hydrogen-bond acceptors (Lipinski definition) is 9. The number of nitrogen functional groups attached to an aromatic ring is 1. The summed E-state index contributed by atoms with van der Waals surface area (Å²) in [6.45, 7) is 1.44. The normalized spacial score (nSPS) is 20.6. The Balaban J connectivity index is 1.60. The van der Waals surface area contributed by atoms with Crippen molar-refractivity contribution in [1.82, 2.24) is 4.90 Å². The number of carbonyl (C=O) groups excluding carboxylic acids is 4. The van der Waals surface area contributed by atoms with Gasteiger partial charge < -0.3 is 15.2 Å². The van der Waals surface area contributed by atoms with Gasteiger partial charge in [-0.05, 0) is 19.8 Å². The van der Waals surface area contributed by atoms with Crippen molar-refractivity contribution in [3.63, 3.8) is 0 Å². The van der Waals surface area contributed by atoms with Crippen LogP contribution in [0.15, 0.2) is 0 Å². The number of nitrogens with zero attached hydrogens (tertiary/aromatic N) is 2. The van der Waals surface area contributed by atoms with Gasteiger partial charge in [0, 0.05) is 12.1 Å². The third kappa shape index (κ3) is 4.16. The smallest absolute Gasteiger partial charge is 0.348 e. The van der Waals surface area contributed by atoms with E-state index < -0.39 is 11.9 Å². The predicted molar refractivity (Wildman–Crippen MR) is 106 cm³/mol. The van der Waals surface area contributed by atoms with Crippen LogP contribution >= 0.6 is 11.3 Å². The number of esters is 2. The Morgan fingerprint density at radius 1 is 1.20 bits per heavy atom. The molecule has 1 aliphatic heterocycles. The average molecular weight is 433 g/mol. The van der Waals surface area contributed by atoms with Gasteiger partial charge in [0.15, 0.2) is 0 Å². The summed E-state index contributed by atoms with van der Waals surface area (Å²) in [5, 5.41) is 9.44. The first-order valence-electron chi connectivity index (χ1n) is 9.88. The summed E-state index contributed by atoms with van der Waals surface area (Å²) in [5.41, 5.74) is 6.06. The highest BCUT2D eigenvalue weighted by Crippen LogP contribution is 2.38. The van der Waals surface area contributed by atoms with Crippen LogP contribution in [0.5, 0.6) is 0 Å². The van der Waals surface area contributed by atoms with Gasteiger partial charge in [-0.2, -0.15) is 5.26 Å². The summed E-state index contributed by atoms with van der Waals surface area (Å²) in [6, 6.07) is 1.91. The van der Waals surface area contributed by atoms with Crippen LogP contribution in [0.3, 0.4) is 0 Å². The second-order valence-corrected chi connectivity index (χ2v) is 8.27. The van der Waals surface area contributed by atoms with Crippen molar-refractivity contribution in [2.75, 3.05) is 18.9 Å². The summed E-state index contributed by atoms with van der Waals surface area (Å²) >= 11 is 0.903. The summed E-state index contributed by atoms with van der Waals surface area (Å²) in [4.78, 5) is 50.5. The molecule has 2 amide bonds. The van der Waals surface area contributed by atoms with Crippen molar-refractivity contribution in [3.05, 3.63) is 16.0 Å². The molecule has 9 nitrogen and oxygen atoms in total. The number of anilines is 1. The maximum absolute atomic E-state index is 12.5. The minimum atomic E-state index is -0.644. The zero-order valence-electron chi connectivity index (χ0n) is 16.6. The molecule has 1 aromatic rings. The number of amides is 2. The van der Waals surface area contributed by atoms with Gasteiger partial charge >= 0.3 is 11.9 Å². The van der Waals surface area contributed by atoms with Gasteiger partial charge in [-0.3, -0.25) is 19.3 Å². The molecule has 160 valence electrons. The van der Waals surface area contributed by atoms with Crippen LogP contribution in [0.2, 0.25) is 0 Å². The van der Waals surface area contributed by atoms with E-state index in [4.69, 9.17) is 15.2 Å². The van der Waals surface area contributed by atoms with Crippen molar-refractivity contribution in [2.45, 2.75) is 45.6 Å². The summed E-state index contributed by atoms with van der Waals surface area (Å²) < 4.78 is 10.2. The van der Waals surface area contributed by atoms with Gasteiger partial charge in [0.1, 0.15) is 22.6 Å². The second kappa shape index (κ2) is 9.26. The maximum atomic E-state index is 12.5. The minimum absolute atomic E-state index is 0.0366. The molecule has 2 atom stereocenters. The van der Waals surface area contributed by atoms with E-state index in [0.717, 1.165) is 29.1 Å². The number of carbonyl (C=O) groups is 4. The summed E-state index contributed by atoms with van der Waals surface area (Å²) in [6.07, 6.45) is 3.13. The van der Waals surface area contributed by atoms with E-state index in [1.165, 1.54) is 0 Å². The van der Waals surface area contributed by atoms with Crippen LogP contribution < -0.4 is 5.73 Å². The van der Waals surface area contributed by atoms with E-state index in [2.05, 4.69) is 0 Å². The van der Waals surface area contributed by atoms with E-state index in [1.54, 1.807) is 6.92 Å². The van der Waals surface area contributed by atoms with Gasteiger partial charge in [-0.15, -0.1) is 11.3 Å². The molecule has 30 heavy (non-hydrogen) atoms. The number of nitrogens with two attached hydrogens (primary N) is 1. The molecule has 0 radical (unpaired) electrons. The molecule has 1 saturated heterocycles. The average Bonchev–Trinajstić information content (AvgIpc) is 3.19.